The summed E-state index contributed by atoms with van der Waals surface area (Å²) < 4.78 is 27.1. The maximum Gasteiger partial charge on any atom is 0.251 e. The molecule has 0 bridgehead atoms. The number of aromatic nitrogens is 1. The van der Waals surface area contributed by atoms with Crippen molar-refractivity contribution in [3.63, 3.8) is 0 Å². The average molecular weight is 352 g/mol. The van der Waals surface area contributed by atoms with Gasteiger partial charge in [-0.1, -0.05) is 0 Å². The number of carbonyl (C=O) groups is 1. The first-order valence-corrected chi connectivity index (χ1v) is 9.49. The molecule has 0 unspecified atom stereocenters. The van der Waals surface area contributed by atoms with Crippen molar-refractivity contribution in [2.45, 2.75) is 12.8 Å². The van der Waals surface area contributed by atoms with Crippen molar-refractivity contribution in [2.75, 3.05) is 25.7 Å². The number of carbonyl (C=O) groups excluding carboxylic acids is 1. The van der Waals surface area contributed by atoms with Gasteiger partial charge in [-0.3, -0.25) is 9.59 Å². The van der Waals surface area contributed by atoms with E-state index >= 15 is 0 Å². The van der Waals surface area contributed by atoms with E-state index in [1.807, 2.05) is 6.07 Å². The second-order valence-electron chi connectivity index (χ2n) is 5.56. The zero-order valence-electron chi connectivity index (χ0n) is 13.6. The fourth-order valence-electron chi connectivity index (χ4n) is 2.25. The molecule has 2 N–H and O–H groups in total. The van der Waals surface area contributed by atoms with Crippen molar-refractivity contribution in [1.82, 2.24) is 10.3 Å². The first-order chi connectivity index (χ1) is 11.3. The Labute approximate surface area is 139 Å². The minimum Gasteiger partial charge on any atom is -0.497 e. The van der Waals surface area contributed by atoms with Crippen LogP contribution in [0.3, 0.4) is 0 Å². The fraction of sp³-hybridized carbons (Fsp3) is 0.375. The molecular weight excluding hydrogens is 332 g/mol. The summed E-state index contributed by atoms with van der Waals surface area (Å²) in [6.45, 7) is 0.0749. The Morgan fingerprint density at radius 1 is 1.29 bits per heavy atom. The number of amides is 1. The molecule has 130 valence electrons. The van der Waals surface area contributed by atoms with E-state index in [1.165, 1.54) is 0 Å². The van der Waals surface area contributed by atoms with Gasteiger partial charge in [0.25, 0.3) is 5.56 Å². The molecule has 2 aromatic rings. The molecule has 0 saturated heterocycles. The molecule has 8 heteroatoms. The second-order valence-corrected chi connectivity index (χ2v) is 7.82. The normalized spacial score (nSPS) is 11.4. The molecule has 1 aromatic heterocycles. The number of pyridine rings is 1. The third kappa shape index (κ3) is 5.09. The SMILES string of the molecule is COc1ccc2cc(CCC(=O)NCCS(C)(=O)=O)c(=O)[nH]c2c1. The maximum absolute atomic E-state index is 12.1. The van der Waals surface area contributed by atoms with Gasteiger partial charge in [0.05, 0.1) is 18.4 Å². The van der Waals surface area contributed by atoms with Crippen molar-refractivity contribution >= 4 is 26.6 Å². The number of hydrogen-bond acceptors (Lipinski definition) is 5. The van der Waals surface area contributed by atoms with E-state index in [4.69, 9.17) is 4.74 Å². The summed E-state index contributed by atoms with van der Waals surface area (Å²) in [6.07, 6.45) is 1.51. The van der Waals surface area contributed by atoms with Gasteiger partial charge in [-0.15, -0.1) is 0 Å². The first kappa shape index (κ1) is 18.0. The van der Waals surface area contributed by atoms with Crippen LogP contribution in [0.5, 0.6) is 5.75 Å². The lowest BCUT2D eigenvalue weighted by Crippen LogP contribution is -2.29. The van der Waals surface area contributed by atoms with Gasteiger partial charge in [-0.2, -0.15) is 0 Å². The predicted octanol–water partition coefficient (Wildman–Crippen LogP) is 0.630. The number of hydrogen-bond donors (Lipinski definition) is 2. The van der Waals surface area contributed by atoms with Crippen LogP contribution in [0.1, 0.15) is 12.0 Å². The van der Waals surface area contributed by atoms with Crippen molar-refractivity contribution in [2.24, 2.45) is 0 Å². The number of nitrogens with one attached hydrogen (secondary N) is 2. The molecule has 1 amide bonds. The highest BCUT2D eigenvalue weighted by molar-refractivity contribution is 7.90. The van der Waals surface area contributed by atoms with Gasteiger partial charge in [-0.25, -0.2) is 8.42 Å². The van der Waals surface area contributed by atoms with E-state index in [-0.39, 0.29) is 36.6 Å². The summed E-state index contributed by atoms with van der Waals surface area (Å²) in [7, 11) is -1.55. The summed E-state index contributed by atoms with van der Waals surface area (Å²) in [5, 5.41) is 3.38. The quantitative estimate of drug-likeness (QED) is 0.760. The largest absolute Gasteiger partial charge is 0.497 e. The summed E-state index contributed by atoms with van der Waals surface area (Å²) in [4.78, 5) is 26.6. The molecule has 1 heterocycles. The van der Waals surface area contributed by atoms with E-state index in [9.17, 15) is 18.0 Å². The van der Waals surface area contributed by atoms with Crippen LogP contribution in [0.2, 0.25) is 0 Å². The number of sulfone groups is 1. The van der Waals surface area contributed by atoms with Crippen LogP contribution in [0.15, 0.2) is 29.1 Å². The maximum atomic E-state index is 12.1. The minimum atomic E-state index is -3.10. The monoisotopic (exact) mass is 352 g/mol. The molecule has 1 aromatic carbocycles. The topological polar surface area (TPSA) is 105 Å². The zero-order valence-corrected chi connectivity index (χ0v) is 14.4. The number of aryl methyl sites for hydroxylation is 1. The van der Waals surface area contributed by atoms with Gasteiger partial charge < -0.3 is 15.0 Å². The molecule has 0 saturated carbocycles. The highest BCUT2D eigenvalue weighted by Gasteiger charge is 2.08. The van der Waals surface area contributed by atoms with Crippen LogP contribution in [-0.2, 0) is 21.1 Å². The van der Waals surface area contributed by atoms with E-state index in [1.54, 1.807) is 25.3 Å². The summed E-state index contributed by atoms with van der Waals surface area (Å²) in [5.41, 5.74) is 0.923. The van der Waals surface area contributed by atoms with Gasteiger partial charge in [0.15, 0.2) is 0 Å². The molecule has 0 aliphatic carbocycles. The fourth-order valence-corrected chi connectivity index (χ4v) is 2.72. The lowest BCUT2D eigenvalue weighted by molar-refractivity contribution is -0.120. The molecule has 0 aliphatic rings. The molecule has 0 fully saturated rings. The van der Waals surface area contributed by atoms with E-state index < -0.39 is 9.84 Å². The number of H-pyrrole nitrogens is 1. The Kier molecular flexibility index (Phi) is 5.61. The predicted molar refractivity (Wildman–Crippen MR) is 92.2 cm³/mol. The summed E-state index contributed by atoms with van der Waals surface area (Å²) in [6, 6.07) is 7.11. The number of rotatable bonds is 7. The molecule has 0 radical (unpaired) electrons. The van der Waals surface area contributed by atoms with Gasteiger partial charge in [-0.05, 0) is 30.0 Å². The Balaban J connectivity index is 2.01. The van der Waals surface area contributed by atoms with Crippen LogP contribution >= 0.6 is 0 Å². The number of ether oxygens (including phenoxy) is 1. The van der Waals surface area contributed by atoms with Gasteiger partial charge in [0.1, 0.15) is 15.6 Å². The Morgan fingerprint density at radius 2 is 2.04 bits per heavy atom. The molecule has 2 rings (SSSR count). The van der Waals surface area contributed by atoms with E-state index in [0.717, 1.165) is 11.6 Å². The lowest BCUT2D eigenvalue weighted by Gasteiger charge is -2.06. The summed E-state index contributed by atoms with van der Waals surface area (Å²) >= 11 is 0. The van der Waals surface area contributed by atoms with Crippen LogP contribution in [0.25, 0.3) is 10.9 Å². The Hall–Kier alpha value is -2.35. The number of methoxy groups -OCH3 is 1. The lowest BCUT2D eigenvalue weighted by atomic mass is 10.1. The molecule has 24 heavy (non-hydrogen) atoms. The van der Waals surface area contributed by atoms with Gasteiger partial charge >= 0.3 is 0 Å². The zero-order chi connectivity index (χ0) is 17.7. The highest BCUT2D eigenvalue weighted by atomic mass is 32.2. The molecule has 0 atom stereocenters. The molecule has 7 nitrogen and oxygen atoms in total. The smallest absolute Gasteiger partial charge is 0.251 e. The average Bonchev–Trinajstić information content (AvgIpc) is 2.51. The number of fused-ring (bicyclic) bond motifs is 1. The van der Waals surface area contributed by atoms with E-state index in [2.05, 4.69) is 10.3 Å². The molecule has 0 spiro atoms. The molecule has 0 aliphatic heterocycles. The first-order valence-electron chi connectivity index (χ1n) is 7.43. The Bertz CT molecular complexity index is 902. The van der Waals surface area contributed by atoms with Crippen molar-refractivity contribution < 1.29 is 17.9 Å². The highest BCUT2D eigenvalue weighted by Crippen LogP contribution is 2.18. The number of aromatic amines is 1. The van der Waals surface area contributed by atoms with Crippen molar-refractivity contribution in [3.05, 3.63) is 40.2 Å². The molecular formula is C16H20N2O5S. The minimum absolute atomic E-state index is 0.0749. The third-order valence-corrected chi connectivity index (χ3v) is 4.49. The Morgan fingerprint density at radius 3 is 2.71 bits per heavy atom. The third-order valence-electron chi connectivity index (χ3n) is 3.55. The van der Waals surface area contributed by atoms with Crippen LogP contribution in [0, 0.1) is 0 Å². The van der Waals surface area contributed by atoms with Crippen molar-refractivity contribution in [3.8, 4) is 5.75 Å². The van der Waals surface area contributed by atoms with Gasteiger partial charge in [0.2, 0.25) is 5.91 Å². The van der Waals surface area contributed by atoms with Gasteiger partial charge in [0, 0.05) is 30.9 Å². The van der Waals surface area contributed by atoms with Crippen molar-refractivity contribution in [1.29, 1.82) is 0 Å². The second kappa shape index (κ2) is 7.48. The van der Waals surface area contributed by atoms with Crippen LogP contribution in [0.4, 0.5) is 0 Å². The summed E-state index contributed by atoms with van der Waals surface area (Å²) in [5.74, 6) is 0.265. The van der Waals surface area contributed by atoms with Crippen LogP contribution < -0.4 is 15.6 Å². The van der Waals surface area contributed by atoms with E-state index in [0.29, 0.717) is 16.8 Å². The van der Waals surface area contributed by atoms with Crippen LogP contribution in [-0.4, -0.2) is 45.0 Å². The number of benzene rings is 1. The standard InChI is InChI=1S/C16H20N2O5S/c1-23-13-5-3-11-9-12(16(20)18-14(11)10-13)4-6-15(19)17-7-8-24(2,21)22/h3,5,9-10H,4,6-8H2,1-2H3,(H,17,19)(H,18,20).